The summed E-state index contributed by atoms with van der Waals surface area (Å²) in [5.41, 5.74) is 41.6. The molecule has 0 N–H and O–H groups in total. The van der Waals surface area contributed by atoms with Gasteiger partial charge in [-0.05, 0) is 337 Å². The van der Waals surface area contributed by atoms with Crippen molar-refractivity contribution in [3.05, 3.63) is 218 Å². The number of fused-ring (bicyclic) bond motifs is 4. The minimum absolute atomic E-state index is 0.125. The first-order valence-corrected chi connectivity index (χ1v) is 26.6. The fraction of sp³-hybridized carbons (Fsp3) is 0.306. The molecule has 0 heterocycles. The molecule has 0 aromatic heterocycles. The molecule has 2 aliphatic rings. The van der Waals surface area contributed by atoms with E-state index >= 15 is 0 Å². The highest BCUT2D eigenvalue weighted by Crippen LogP contribution is 2.52. The van der Waals surface area contributed by atoms with Crippen LogP contribution >= 0.6 is 0 Å². The summed E-state index contributed by atoms with van der Waals surface area (Å²) in [4.78, 5) is 0. The third-order valence-electron chi connectivity index (χ3n) is 19.8. The Kier molecular flexibility index (Phi) is 12.0. The zero-order chi connectivity index (χ0) is 51.8. The van der Waals surface area contributed by atoms with Gasteiger partial charge in [-0.15, -0.1) is 0 Å². The average Bonchev–Trinajstić information content (AvgIpc) is 3.39. The largest absolute Gasteiger partial charge is 0.0760 e. The van der Waals surface area contributed by atoms with Crippen molar-refractivity contribution >= 4 is 32.7 Å². The smallest absolute Gasteiger partial charge is 0.0138 e. The van der Waals surface area contributed by atoms with Crippen LogP contribution in [0.1, 0.15) is 122 Å². The zero-order valence-corrected chi connectivity index (χ0v) is 47.2. The average molecular weight is 941 g/mol. The normalized spacial score (nSPS) is 15.3. The highest BCUT2D eigenvalue weighted by atomic mass is 14.4. The Bertz CT molecular complexity index is 3820. The Labute approximate surface area is 432 Å². The monoisotopic (exact) mass is 941 g/mol. The fourth-order valence-corrected chi connectivity index (χ4v) is 13.9. The van der Waals surface area contributed by atoms with E-state index in [1.54, 1.807) is 0 Å². The molecule has 0 radical (unpaired) electrons. The second-order valence-electron chi connectivity index (χ2n) is 22.4. The molecule has 2 unspecified atom stereocenters. The van der Waals surface area contributed by atoms with Gasteiger partial charge in [0.2, 0.25) is 0 Å². The first-order chi connectivity index (χ1) is 34.1. The second kappa shape index (κ2) is 17.6. The van der Waals surface area contributed by atoms with Gasteiger partial charge in [0, 0.05) is 11.8 Å². The molecule has 0 bridgehead atoms. The lowest BCUT2D eigenvalue weighted by Gasteiger charge is -2.37. The van der Waals surface area contributed by atoms with Crippen LogP contribution in [-0.4, -0.2) is 0 Å². The molecule has 0 saturated heterocycles. The molecule has 0 amide bonds. The van der Waals surface area contributed by atoms with Crippen molar-refractivity contribution in [3.8, 4) is 33.4 Å². The predicted molar refractivity (Wildman–Crippen MR) is 315 cm³/mol. The van der Waals surface area contributed by atoms with Crippen LogP contribution < -0.4 is 10.4 Å². The minimum atomic E-state index is 0.125. The van der Waals surface area contributed by atoms with Crippen LogP contribution in [0.15, 0.2) is 85.0 Å². The Morgan fingerprint density at radius 2 is 0.569 bits per heavy atom. The quantitative estimate of drug-likeness (QED) is 0.151. The zero-order valence-electron chi connectivity index (χ0n) is 47.2. The lowest BCUT2D eigenvalue weighted by Crippen LogP contribution is -2.42. The number of hydrogen-bond acceptors (Lipinski definition) is 0. The maximum Gasteiger partial charge on any atom is 0.0138 e. The molecule has 0 nitrogen and oxygen atoms in total. The summed E-state index contributed by atoms with van der Waals surface area (Å²) in [6.07, 6.45) is 9.71. The molecule has 0 saturated carbocycles. The van der Waals surface area contributed by atoms with Crippen LogP contribution in [0, 0.1) is 150 Å². The third kappa shape index (κ3) is 6.76. The fourth-order valence-electron chi connectivity index (χ4n) is 13.9. The van der Waals surface area contributed by atoms with E-state index in [0.717, 1.165) is 0 Å². The summed E-state index contributed by atoms with van der Waals surface area (Å²) in [6, 6.07) is 24.0. The molecule has 8 aromatic rings. The molecule has 10 rings (SSSR count). The standard InChI is InChI=1S/C72H76/c1-35-39(5)47(13)63(48(14)40(35)6)67-55-27-21-23-29-59(55)71(65-51(17)43(9)37(3)44(10)52(65)18)69-57(31-25-33-61(67)69)58-32-26-34-62-68(64-49(15)41(7)36(2)42(8)50(64)16)56-28-22-24-30-60(56)72(70(58)62)66-53(19)45(11)38(4)46(12)54(66)20/h21-34,55,59H,1-20H3. The lowest BCUT2D eigenvalue weighted by atomic mass is 9.66. The Balaban J connectivity index is 1.55. The van der Waals surface area contributed by atoms with Gasteiger partial charge in [0.05, 0.1) is 0 Å². The van der Waals surface area contributed by atoms with Crippen LogP contribution in [0.3, 0.4) is 0 Å². The van der Waals surface area contributed by atoms with Crippen LogP contribution in [0.25, 0.3) is 66.1 Å². The lowest BCUT2D eigenvalue weighted by molar-refractivity contribution is 0.684. The van der Waals surface area contributed by atoms with Gasteiger partial charge in [-0.2, -0.15) is 0 Å². The Morgan fingerprint density at radius 1 is 0.250 bits per heavy atom. The highest BCUT2D eigenvalue weighted by Gasteiger charge is 2.37. The van der Waals surface area contributed by atoms with Crippen LogP contribution in [0.5, 0.6) is 0 Å². The maximum atomic E-state index is 2.54. The number of allylic oxidation sites excluding steroid dienone is 4. The van der Waals surface area contributed by atoms with E-state index in [2.05, 4.69) is 223 Å². The predicted octanol–water partition coefficient (Wildman–Crippen LogP) is 17.9. The van der Waals surface area contributed by atoms with Gasteiger partial charge in [0.1, 0.15) is 0 Å². The second-order valence-corrected chi connectivity index (χ2v) is 22.4. The van der Waals surface area contributed by atoms with Gasteiger partial charge >= 0.3 is 0 Å². The first-order valence-electron chi connectivity index (χ1n) is 26.6. The third-order valence-corrected chi connectivity index (χ3v) is 19.8. The molecular weight excluding hydrogens is 865 g/mol. The van der Waals surface area contributed by atoms with Crippen molar-refractivity contribution < 1.29 is 0 Å². The van der Waals surface area contributed by atoms with Crippen molar-refractivity contribution in [2.45, 2.75) is 138 Å². The molecule has 72 heavy (non-hydrogen) atoms. The molecule has 8 aromatic carbocycles. The molecule has 364 valence electrons. The SMILES string of the molecule is Cc1c(C)c(C)c(C2=c3cccc(-c4cccc5c(-c6c(C)c(C)c(C)c(C)c6C)c6ccccc6c(-c6c(C)c(C)c(C)c(C)c6C)c45)c3=C(c3c(C)c(C)c(C)c(C)c3C)C3C=CC=CC23)c(C)c1C. The molecule has 0 aliphatic heterocycles. The summed E-state index contributed by atoms with van der Waals surface area (Å²) in [7, 11) is 0. The summed E-state index contributed by atoms with van der Waals surface area (Å²) >= 11 is 0. The van der Waals surface area contributed by atoms with E-state index in [1.807, 2.05) is 0 Å². The van der Waals surface area contributed by atoms with E-state index in [4.69, 9.17) is 0 Å². The Hall–Kier alpha value is -6.50. The molecule has 0 heteroatoms. The van der Waals surface area contributed by atoms with Crippen LogP contribution in [0.2, 0.25) is 0 Å². The van der Waals surface area contributed by atoms with Crippen LogP contribution in [-0.2, 0) is 0 Å². The van der Waals surface area contributed by atoms with Crippen molar-refractivity contribution in [2.24, 2.45) is 11.8 Å². The van der Waals surface area contributed by atoms with Crippen molar-refractivity contribution in [2.75, 3.05) is 0 Å². The molecule has 2 atom stereocenters. The highest BCUT2D eigenvalue weighted by molar-refractivity contribution is 6.26. The van der Waals surface area contributed by atoms with Crippen molar-refractivity contribution in [1.82, 2.24) is 0 Å². The summed E-state index contributed by atoms with van der Waals surface area (Å²) in [5.74, 6) is 0.286. The minimum Gasteiger partial charge on any atom is -0.0760 e. The maximum absolute atomic E-state index is 2.54. The van der Waals surface area contributed by atoms with E-state index in [-0.39, 0.29) is 11.8 Å². The number of benzene rings is 8. The van der Waals surface area contributed by atoms with E-state index in [9.17, 15) is 0 Å². The topological polar surface area (TPSA) is 0 Å². The molecule has 0 fully saturated rings. The van der Waals surface area contributed by atoms with E-state index in [1.165, 1.54) is 199 Å². The van der Waals surface area contributed by atoms with Gasteiger partial charge in [0.25, 0.3) is 0 Å². The van der Waals surface area contributed by atoms with Gasteiger partial charge in [-0.1, -0.05) is 85.0 Å². The summed E-state index contributed by atoms with van der Waals surface area (Å²) in [5, 5.41) is 8.01. The van der Waals surface area contributed by atoms with Gasteiger partial charge in [0.15, 0.2) is 0 Å². The summed E-state index contributed by atoms with van der Waals surface area (Å²) in [6.45, 7) is 47.1. The van der Waals surface area contributed by atoms with Crippen molar-refractivity contribution in [1.29, 1.82) is 0 Å². The Morgan fingerprint density at radius 3 is 1.01 bits per heavy atom. The summed E-state index contributed by atoms with van der Waals surface area (Å²) < 4.78 is 0. The number of rotatable bonds is 5. The molecule has 2 aliphatic carbocycles. The van der Waals surface area contributed by atoms with Crippen LogP contribution in [0.4, 0.5) is 0 Å². The van der Waals surface area contributed by atoms with Gasteiger partial charge in [-0.25, -0.2) is 0 Å². The molecule has 0 spiro atoms. The van der Waals surface area contributed by atoms with Crippen molar-refractivity contribution in [3.63, 3.8) is 0 Å². The molecular formula is C72H76. The van der Waals surface area contributed by atoms with E-state index < -0.39 is 0 Å². The van der Waals surface area contributed by atoms with Gasteiger partial charge in [-0.3, -0.25) is 0 Å². The number of hydrogen-bond donors (Lipinski definition) is 0. The van der Waals surface area contributed by atoms with Gasteiger partial charge < -0.3 is 0 Å². The first kappa shape index (κ1) is 49.1. The van der Waals surface area contributed by atoms with E-state index in [0.29, 0.717) is 0 Å².